The van der Waals surface area contributed by atoms with E-state index in [0.29, 0.717) is 11.1 Å². The number of nitrogens with one attached hydrogen (secondary N) is 1. The lowest BCUT2D eigenvalue weighted by Crippen LogP contribution is -2.26. The number of ether oxygens (including phenoxy) is 1. The minimum absolute atomic E-state index is 0.147. The molecular formula is C16H16N2O3. The zero-order chi connectivity index (χ0) is 15.2. The van der Waals surface area contributed by atoms with Crippen molar-refractivity contribution >= 4 is 11.9 Å². The van der Waals surface area contributed by atoms with Crippen LogP contribution in [0.2, 0.25) is 0 Å². The summed E-state index contributed by atoms with van der Waals surface area (Å²) >= 11 is 0. The fourth-order valence-electron chi connectivity index (χ4n) is 1.87. The molecule has 1 aromatic carbocycles. The third kappa shape index (κ3) is 3.66. The Morgan fingerprint density at radius 2 is 1.81 bits per heavy atom. The number of hydrogen-bond donors (Lipinski definition) is 1. The Labute approximate surface area is 123 Å². The van der Waals surface area contributed by atoms with Gasteiger partial charge in [-0.15, -0.1) is 0 Å². The molecule has 1 atom stereocenters. The number of amides is 1. The average molecular weight is 284 g/mol. The summed E-state index contributed by atoms with van der Waals surface area (Å²) in [6, 6.07) is 9.90. The van der Waals surface area contributed by atoms with Crippen LogP contribution in [0.1, 0.15) is 39.2 Å². The molecule has 0 saturated carbocycles. The van der Waals surface area contributed by atoms with Crippen molar-refractivity contribution in [2.24, 2.45) is 0 Å². The summed E-state index contributed by atoms with van der Waals surface area (Å²) in [5, 5.41) is 2.88. The number of pyridine rings is 1. The number of benzene rings is 1. The van der Waals surface area contributed by atoms with E-state index in [1.165, 1.54) is 7.11 Å². The number of methoxy groups -OCH3 is 1. The van der Waals surface area contributed by atoms with Crippen molar-refractivity contribution in [3.63, 3.8) is 0 Å². The van der Waals surface area contributed by atoms with Crippen LogP contribution in [0, 0.1) is 0 Å². The topological polar surface area (TPSA) is 68.3 Å². The van der Waals surface area contributed by atoms with Gasteiger partial charge in [0.05, 0.1) is 18.7 Å². The van der Waals surface area contributed by atoms with Crippen molar-refractivity contribution in [2.75, 3.05) is 7.11 Å². The molecule has 1 aromatic heterocycles. The largest absolute Gasteiger partial charge is 0.465 e. The summed E-state index contributed by atoms with van der Waals surface area (Å²) < 4.78 is 4.61. The summed E-state index contributed by atoms with van der Waals surface area (Å²) in [5.41, 5.74) is 1.82. The van der Waals surface area contributed by atoms with Gasteiger partial charge in [0.25, 0.3) is 5.91 Å². The normalized spacial score (nSPS) is 11.5. The van der Waals surface area contributed by atoms with E-state index >= 15 is 0 Å². The van der Waals surface area contributed by atoms with Crippen molar-refractivity contribution in [1.29, 1.82) is 0 Å². The van der Waals surface area contributed by atoms with E-state index in [0.717, 1.165) is 5.56 Å². The number of aromatic nitrogens is 1. The highest BCUT2D eigenvalue weighted by atomic mass is 16.5. The van der Waals surface area contributed by atoms with Crippen molar-refractivity contribution in [1.82, 2.24) is 10.3 Å². The highest BCUT2D eigenvalue weighted by Crippen LogP contribution is 2.12. The number of hydrogen-bond acceptors (Lipinski definition) is 4. The van der Waals surface area contributed by atoms with Crippen LogP contribution in [0.3, 0.4) is 0 Å². The van der Waals surface area contributed by atoms with Crippen LogP contribution in [0.4, 0.5) is 0 Å². The lowest BCUT2D eigenvalue weighted by Gasteiger charge is -2.14. The molecule has 0 aliphatic heterocycles. The first kappa shape index (κ1) is 14.7. The van der Waals surface area contributed by atoms with Gasteiger partial charge in [-0.2, -0.15) is 0 Å². The summed E-state index contributed by atoms with van der Waals surface area (Å²) in [7, 11) is 1.32. The zero-order valence-corrected chi connectivity index (χ0v) is 11.9. The number of carbonyl (C=O) groups is 2. The second-order valence-corrected chi connectivity index (χ2v) is 4.55. The second kappa shape index (κ2) is 6.65. The molecule has 5 nitrogen and oxygen atoms in total. The summed E-state index contributed by atoms with van der Waals surface area (Å²) in [6.45, 7) is 1.89. The van der Waals surface area contributed by atoms with Gasteiger partial charge >= 0.3 is 5.97 Å². The van der Waals surface area contributed by atoms with Crippen LogP contribution in [0.25, 0.3) is 0 Å². The first-order valence-electron chi connectivity index (χ1n) is 6.51. The van der Waals surface area contributed by atoms with Crippen LogP contribution in [0.15, 0.2) is 48.8 Å². The maximum Gasteiger partial charge on any atom is 0.337 e. The predicted octanol–water partition coefficient (Wildman–Crippen LogP) is 2.36. The molecule has 1 amide bonds. The van der Waals surface area contributed by atoms with Crippen molar-refractivity contribution in [2.45, 2.75) is 13.0 Å². The third-order valence-electron chi connectivity index (χ3n) is 3.10. The predicted molar refractivity (Wildman–Crippen MR) is 77.9 cm³/mol. The van der Waals surface area contributed by atoms with Gasteiger partial charge in [0.1, 0.15) is 0 Å². The molecule has 21 heavy (non-hydrogen) atoms. The van der Waals surface area contributed by atoms with Gasteiger partial charge in [-0.05, 0) is 42.8 Å². The smallest absolute Gasteiger partial charge is 0.337 e. The summed E-state index contributed by atoms with van der Waals surface area (Å²) in [5.74, 6) is -0.631. The van der Waals surface area contributed by atoms with E-state index in [-0.39, 0.29) is 11.9 Å². The fraction of sp³-hybridized carbons (Fsp3) is 0.188. The van der Waals surface area contributed by atoms with Crippen LogP contribution in [-0.4, -0.2) is 24.0 Å². The van der Waals surface area contributed by atoms with Crippen molar-refractivity contribution in [3.05, 3.63) is 65.5 Å². The number of nitrogens with zero attached hydrogens (tertiary/aromatic N) is 1. The zero-order valence-electron chi connectivity index (χ0n) is 11.9. The number of carbonyl (C=O) groups excluding carboxylic acids is 2. The molecule has 1 N–H and O–H groups in total. The molecule has 0 saturated heterocycles. The second-order valence-electron chi connectivity index (χ2n) is 4.55. The minimum atomic E-state index is -0.425. The molecule has 2 rings (SSSR count). The fourth-order valence-corrected chi connectivity index (χ4v) is 1.87. The molecule has 0 bridgehead atoms. The maximum atomic E-state index is 12.1. The molecule has 0 aliphatic carbocycles. The van der Waals surface area contributed by atoms with Crippen molar-refractivity contribution in [3.8, 4) is 0 Å². The van der Waals surface area contributed by atoms with E-state index in [4.69, 9.17) is 0 Å². The Morgan fingerprint density at radius 3 is 2.38 bits per heavy atom. The molecule has 0 radical (unpaired) electrons. The molecule has 1 heterocycles. The summed E-state index contributed by atoms with van der Waals surface area (Å²) in [6.07, 6.45) is 3.40. The van der Waals surface area contributed by atoms with Gasteiger partial charge in [0, 0.05) is 18.0 Å². The lowest BCUT2D eigenvalue weighted by molar-refractivity contribution is 0.0600. The highest BCUT2D eigenvalue weighted by molar-refractivity contribution is 5.96. The van der Waals surface area contributed by atoms with Crippen molar-refractivity contribution < 1.29 is 14.3 Å². The molecular weight excluding hydrogens is 268 g/mol. The summed E-state index contributed by atoms with van der Waals surface area (Å²) in [4.78, 5) is 27.5. The van der Waals surface area contributed by atoms with E-state index in [1.807, 2.05) is 19.1 Å². The molecule has 0 unspecified atom stereocenters. The van der Waals surface area contributed by atoms with E-state index in [9.17, 15) is 9.59 Å². The van der Waals surface area contributed by atoms with Crippen LogP contribution in [-0.2, 0) is 4.74 Å². The van der Waals surface area contributed by atoms with E-state index in [1.54, 1.807) is 36.7 Å². The Morgan fingerprint density at radius 1 is 1.14 bits per heavy atom. The van der Waals surface area contributed by atoms with E-state index in [2.05, 4.69) is 15.0 Å². The molecule has 0 aliphatic rings. The average Bonchev–Trinajstić information content (AvgIpc) is 2.55. The molecule has 2 aromatic rings. The quantitative estimate of drug-likeness (QED) is 0.875. The Bertz CT molecular complexity index is 624. The van der Waals surface area contributed by atoms with Gasteiger partial charge < -0.3 is 10.1 Å². The van der Waals surface area contributed by atoms with Crippen LogP contribution in [0.5, 0.6) is 0 Å². The lowest BCUT2D eigenvalue weighted by atomic mass is 10.1. The molecule has 0 spiro atoms. The third-order valence-corrected chi connectivity index (χ3v) is 3.10. The first-order valence-corrected chi connectivity index (χ1v) is 6.51. The van der Waals surface area contributed by atoms with Gasteiger partial charge in [-0.25, -0.2) is 4.79 Å². The first-order chi connectivity index (χ1) is 10.1. The molecule has 5 heteroatoms. The van der Waals surface area contributed by atoms with Gasteiger partial charge in [-0.3, -0.25) is 9.78 Å². The number of esters is 1. The van der Waals surface area contributed by atoms with E-state index < -0.39 is 5.97 Å². The maximum absolute atomic E-state index is 12.1. The molecule has 108 valence electrons. The standard InChI is InChI=1S/C16H16N2O3/c1-11(14-4-3-9-17-10-14)18-15(19)12-5-7-13(8-6-12)16(20)21-2/h3-11H,1-2H3,(H,18,19)/t11-/m0/s1. The Balaban J connectivity index is 2.05. The SMILES string of the molecule is COC(=O)c1ccc(C(=O)N[C@@H](C)c2cccnc2)cc1. The Kier molecular flexibility index (Phi) is 4.66. The highest BCUT2D eigenvalue weighted by Gasteiger charge is 2.12. The van der Waals surface area contributed by atoms with Gasteiger partial charge in [0.2, 0.25) is 0 Å². The number of rotatable bonds is 4. The molecule has 0 fully saturated rings. The van der Waals surface area contributed by atoms with Gasteiger partial charge in [-0.1, -0.05) is 6.07 Å². The van der Waals surface area contributed by atoms with Gasteiger partial charge in [0.15, 0.2) is 0 Å². The Hall–Kier alpha value is -2.69. The minimum Gasteiger partial charge on any atom is -0.465 e. The van der Waals surface area contributed by atoms with Crippen LogP contribution < -0.4 is 5.32 Å². The van der Waals surface area contributed by atoms with Crippen LogP contribution >= 0.6 is 0 Å². The monoisotopic (exact) mass is 284 g/mol.